The Labute approximate surface area is 99.2 Å². The molecule has 2 N–H and O–H groups in total. The summed E-state index contributed by atoms with van der Waals surface area (Å²) < 4.78 is 4.62. The van der Waals surface area contributed by atoms with Crippen LogP contribution in [0.5, 0.6) is 0 Å². The van der Waals surface area contributed by atoms with E-state index in [0.717, 1.165) is 13.0 Å². The van der Waals surface area contributed by atoms with Gasteiger partial charge in [0.05, 0.1) is 5.56 Å². The fourth-order valence-electron chi connectivity index (χ4n) is 1.47. The fraction of sp³-hybridized carbons (Fsp3) is 0.500. The summed E-state index contributed by atoms with van der Waals surface area (Å²) in [5.41, 5.74) is -0.0741. The van der Waals surface area contributed by atoms with Gasteiger partial charge >= 0.3 is 5.63 Å². The Kier molecular flexibility index (Phi) is 3.93. The van der Waals surface area contributed by atoms with Gasteiger partial charge in [0.2, 0.25) is 0 Å². The van der Waals surface area contributed by atoms with Gasteiger partial charge in [-0.15, -0.1) is 0 Å². The quantitative estimate of drug-likeness (QED) is 0.706. The van der Waals surface area contributed by atoms with Crippen LogP contribution in [0.3, 0.4) is 0 Å². The SMILES string of the molecule is O=C(NCCCNC1CC1)c1ccc(=O)oc1. The molecule has 92 valence electrons. The molecule has 0 spiro atoms. The molecule has 1 saturated carbocycles. The van der Waals surface area contributed by atoms with E-state index in [0.29, 0.717) is 18.2 Å². The van der Waals surface area contributed by atoms with Crippen LogP contribution in [0.25, 0.3) is 0 Å². The summed E-state index contributed by atoms with van der Waals surface area (Å²) in [5, 5.41) is 6.14. The molecule has 1 aliphatic carbocycles. The van der Waals surface area contributed by atoms with E-state index < -0.39 is 5.63 Å². The lowest BCUT2D eigenvalue weighted by atomic mass is 10.3. The zero-order valence-corrected chi connectivity index (χ0v) is 9.57. The Morgan fingerprint density at radius 3 is 2.82 bits per heavy atom. The van der Waals surface area contributed by atoms with Gasteiger partial charge in [0, 0.05) is 18.7 Å². The normalized spacial score (nSPS) is 14.6. The van der Waals surface area contributed by atoms with Gasteiger partial charge in [-0.25, -0.2) is 4.79 Å². The Bertz CT molecular complexity index is 417. The van der Waals surface area contributed by atoms with Crippen LogP contribution >= 0.6 is 0 Å². The van der Waals surface area contributed by atoms with Crippen molar-refractivity contribution in [3.63, 3.8) is 0 Å². The summed E-state index contributed by atoms with van der Waals surface area (Å²) in [6, 6.07) is 3.40. The predicted octanol–water partition coefficient (Wildman–Crippen LogP) is 0.512. The summed E-state index contributed by atoms with van der Waals surface area (Å²) in [7, 11) is 0. The number of carbonyl (C=O) groups excluding carboxylic acids is 1. The van der Waals surface area contributed by atoms with Gasteiger partial charge < -0.3 is 15.1 Å². The topological polar surface area (TPSA) is 71.3 Å². The molecule has 17 heavy (non-hydrogen) atoms. The number of hydrogen-bond acceptors (Lipinski definition) is 4. The minimum absolute atomic E-state index is 0.208. The lowest BCUT2D eigenvalue weighted by molar-refractivity contribution is 0.0951. The monoisotopic (exact) mass is 236 g/mol. The first-order valence-electron chi connectivity index (χ1n) is 5.86. The van der Waals surface area contributed by atoms with Crippen LogP contribution in [0, 0.1) is 0 Å². The number of rotatable bonds is 6. The minimum Gasteiger partial charge on any atom is -0.430 e. The Morgan fingerprint density at radius 2 is 2.18 bits per heavy atom. The van der Waals surface area contributed by atoms with E-state index in [4.69, 9.17) is 0 Å². The Balaban J connectivity index is 1.65. The summed E-state index contributed by atoms with van der Waals surface area (Å²) in [4.78, 5) is 22.3. The second kappa shape index (κ2) is 5.63. The molecule has 1 aliphatic rings. The van der Waals surface area contributed by atoms with E-state index in [9.17, 15) is 9.59 Å². The molecule has 5 heteroatoms. The van der Waals surface area contributed by atoms with Crippen molar-refractivity contribution in [3.8, 4) is 0 Å². The van der Waals surface area contributed by atoms with E-state index >= 15 is 0 Å². The van der Waals surface area contributed by atoms with Crippen LogP contribution in [0.4, 0.5) is 0 Å². The lowest BCUT2D eigenvalue weighted by Gasteiger charge is -2.05. The molecule has 0 aliphatic heterocycles. The zero-order chi connectivity index (χ0) is 12.1. The molecule has 0 atom stereocenters. The predicted molar refractivity (Wildman–Crippen MR) is 63.0 cm³/mol. The molecule has 0 aromatic carbocycles. The van der Waals surface area contributed by atoms with Crippen LogP contribution in [0.1, 0.15) is 29.6 Å². The smallest absolute Gasteiger partial charge is 0.335 e. The molecule has 0 bridgehead atoms. The highest BCUT2D eigenvalue weighted by atomic mass is 16.4. The molecular weight excluding hydrogens is 220 g/mol. The number of hydrogen-bond donors (Lipinski definition) is 2. The average Bonchev–Trinajstić information content (AvgIpc) is 3.13. The highest BCUT2D eigenvalue weighted by molar-refractivity contribution is 5.93. The first kappa shape index (κ1) is 11.9. The second-order valence-electron chi connectivity index (χ2n) is 4.18. The number of amides is 1. The molecule has 5 nitrogen and oxygen atoms in total. The standard InChI is InChI=1S/C12H16N2O3/c15-11-5-2-9(8-17-11)12(16)14-7-1-6-13-10-3-4-10/h2,5,8,10,13H,1,3-4,6-7H2,(H,14,16). The van der Waals surface area contributed by atoms with Gasteiger partial charge in [-0.2, -0.15) is 0 Å². The van der Waals surface area contributed by atoms with Crippen molar-refractivity contribution in [2.45, 2.75) is 25.3 Å². The third kappa shape index (κ3) is 4.03. The highest BCUT2D eigenvalue weighted by Gasteiger charge is 2.19. The van der Waals surface area contributed by atoms with E-state index in [1.54, 1.807) is 0 Å². The van der Waals surface area contributed by atoms with Crippen molar-refractivity contribution in [1.29, 1.82) is 0 Å². The minimum atomic E-state index is -0.449. The third-order valence-corrected chi connectivity index (χ3v) is 2.61. The van der Waals surface area contributed by atoms with E-state index in [2.05, 4.69) is 15.1 Å². The van der Waals surface area contributed by atoms with Gasteiger partial charge in [-0.1, -0.05) is 0 Å². The molecule has 1 heterocycles. The van der Waals surface area contributed by atoms with Gasteiger partial charge in [0.15, 0.2) is 0 Å². The molecule has 2 rings (SSSR count). The molecule has 1 fully saturated rings. The average molecular weight is 236 g/mol. The molecule has 1 aromatic heterocycles. The Hall–Kier alpha value is -1.62. The summed E-state index contributed by atoms with van der Waals surface area (Å²) in [6.45, 7) is 1.55. The van der Waals surface area contributed by atoms with Crippen LogP contribution in [-0.4, -0.2) is 25.0 Å². The second-order valence-corrected chi connectivity index (χ2v) is 4.18. The largest absolute Gasteiger partial charge is 0.430 e. The van der Waals surface area contributed by atoms with E-state index in [-0.39, 0.29) is 5.91 Å². The third-order valence-electron chi connectivity index (χ3n) is 2.61. The maximum atomic E-state index is 11.6. The Morgan fingerprint density at radius 1 is 1.35 bits per heavy atom. The van der Waals surface area contributed by atoms with Crippen molar-refractivity contribution in [1.82, 2.24) is 10.6 Å². The van der Waals surface area contributed by atoms with E-state index in [1.807, 2.05) is 0 Å². The van der Waals surface area contributed by atoms with Gasteiger partial charge in [0.1, 0.15) is 6.26 Å². The molecule has 1 amide bonds. The van der Waals surface area contributed by atoms with Gasteiger partial charge in [-0.05, 0) is 31.9 Å². The number of carbonyl (C=O) groups is 1. The summed E-state index contributed by atoms with van der Waals surface area (Å²) in [5.74, 6) is -0.208. The van der Waals surface area contributed by atoms with Gasteiger partial charge in [0.25, 0.3) is 5.91 Å². The van der Waals surface area contributed by atoms with Crippen LogP contribution < -0.4 is 16.3 Å². The van der Waals surface area contributed by atoms with Crippen LogP contribution in [0.2, 0.25) is 0 Å². The first-order chi connectivity index (χ1) is 8.25. The molecule has 1 aromatic rings. The van der Waals surface area contributed by atoms with Crippen LogP contribution in [-0.2, 0) is 0 Å². The van der Waals surface area contributed by atoms with Gasteiger partial charge in [-0.3, -0.25) is 4.79 Å². The zero-order valence-electron chi connectivity index (χ0n) is 9.57. The van der Waals surface area contributed by atoms with Crippen molar-refractivity contribution in [2.75, 3.05) is 13.1 Å². The highest BCUT2D eigenvalue weighted by Crippen LogP contribution is 2.18. The lowest BCUT2D eigenvalue weighted by Crippen LogP contribution is -2.28. The molecular formula is C12H16N2O3. The van der Waals surface area contributed by atoms with Crippen molar-refractivity contribution in [3.05, 3.63) is 34.4 Å². The molecule has 0 unspecified atom stereocenters. The summed E-state index contributed by atoms with van der Waals surface area (Å²) >= 11 is 0. The van der Waals surface area contributed by atoms with Crippen molar-refractivity contribution >= 4 is 5.91 Å². The van der Waals surface area contributed by atoms with Crippen molar-refractivity contribution in [2.24, 2.45) is 0 Å². The maximum absolute atomic E-state index is 11.6. The maximum Gasteiger partial charge on any atom is 0.335 e. The van der Waals surface area contributed by atoms with Crippen molar-refractivity contribution < 1.29 is 9.21 Å². The molecule has 0 radical (unpaired) electrons. The number of nitrogens with one attached hydrogen (secondary N) is 2. The first-order valence-corrected chi connectivity index (χ1v) is 5.86. The van der Waals surface area contributed by atoms with E-state index in [1.165, 1.54) is 31.2 Å². The molecule has 0 saturated heterocycles. The van der Waals surface area contributed by atoms with Crippen LogP contribution in [0.15, 0.2) is 27.6 Å². The fourth-order valence-corrected chi connectivity index (χ4v) is 1.47. The summed E-state index contributed by atoms with van der Waals surface area (Å²) in [6.07, 6.45) is 4.63.